The molecule has 0 radical (unpaired) electrons. The maximum Gasteiger partial charge on any atom is 0.280 e. The molecule has 1 saturated carbocycles. The monoisotopic (exact) mass is 546 g/mol. The van der Waals surface area contributed by atoms with E-state index in [4.69, 9.17) is 26.1 Å². The molecule has 1 saturated heterocycles. The molecule has 1 aliphatic carbocycles. The summed E-state index contributed by atoms with van der Waals surface area (Å²) in [7, 11) is 3.21. The zero-order valence-corrected chi connectivity index (χ0v) is 22.6. The number of alkyl halides is 3. The molecule has 2 fully saturated rings. The van der Waals surface area contributed by atoms with Gasteiger partial charge in [0.1, 0.15) is 23.0 Å². The molecular formula is C27H33ClF2N6O2. The van der Waals surface area contributed by atoms with E-state index in [2.05, 4.69) is 25.1 Å². The second-order valence-electron chi connectivity index (χ2n) is 9.90. The van der Waals surface area contributed by atoms with Crippen molar-refractivity contribution >= 4 is 34.8 Å². The maximum atomic E-state index is 13.6. The molecule has 5 rings (SSSR count). The highest BCUT2D eigenvalue weighted by Crippen LogP contribution is 2.39. The van der Waals surface area contributed by atoms with Gasteiger partial charge in [-0.2, -0.15) is 4.98 Å². The minimum absolute atomic E-state index is 0.00279. The first kappa shape index (κ1) is 26.5. The van der Waals surface area contributed by atoms with Crippen LogP contribution in [0.2, 0.25) is 0 Å². The standard InChI is InChI=1S/C27H33ClF2N6O2/c1-16-10-25(34-27(31-16)32-18-12-19(37-2)14-20(13-18)38-3)36-8-6-35(7-9-36)24-15-23(26(29)30)33-22-11-17(28)4-5-21(22)24/h10,12-15,17,21-22,26H,4-9,11H2,1-3H3,(H,31,32,34). The molecule has 3 atom stereocenters. The van der Waals surface area contributed by atoms with Crippen molar-refractivity contribution < 1.29 is 18.3 Å². The first-order valence-corrected chi connectivity index (χ1v) is 13.3. The number of aliphatic imine (C=N–C) groups is 1. The predicted octanol–water partition coefficient (Wildman–Crippen LogP) is 5.05. The predicted molar refractivity (Wildman–Crippen MR) is 146 cm³/mol. The van der Waals surface area contributed by atoms with E-state index in [0.717, 1.165) is 61.9 Å². The third-order valence-corrected chi connectivity index (χ3v) is 7.78. The summed E-state index contributed by atoms with van der Waals surface area (Å²) in [6, 6.07) is 7.31. The second-order valence-corrected chi connectivity index (χ2v) is 10.5. The molecule has 0 amide bonds. The number of methoxy groups -OCH3 is 2. The Labute approximate surface area is 226 Å². The molecule has 3 unspecified atom stereocenters. The van der Waals surface area contributed by atoms with E-state index in [1.165, 1.54) is 0 Å². The number of hydrogen-bond acceptors (Lipinski definition) is 8. The summed E-state index contributed by atoms with van der Waals surface area (Å²) in [4.78, 5) is 18.1. The number of nitrogens with zero attached hydrogens (tertiary/aromatic N) is 5. The fraction of sp³-hybridized carbons (Fsp3) is 0.519. The Balaban J connectivity index is 1.30. The zero-order chi connectivity index (χ0) is 26.8. The summed E-state index contributed by atoms with van der Waals surface area (Å²) >= 11 is 6.36. The number of rotatable bonds is 7. The van der Waals surface area contributed by atoms with Gasteiger partial charge in [-0.3, -0.25) is 4.99 Å². The number of halogens is 3. The molecule has 11 heteroatoms. The molecule has 2 aliphatic heterocycles. The van der Waals surface area contributed by atoms with Crippen LogP contribution >= 0.6 is 11.6 Å². The van der Waals surface area contributed by atoms with Gasteiger partial charge in [0.05, 0.1) is 20.3 Å². The normalized spacial score (nSPS) is 23.5. The Morgan fingerprint density at radius 3 is 2.32 bits per heavy atom. The smallest absolute Gasteiger partial charge is 0.280 e. The molecule has 2 aromatic rings. The van der Waals surface area contributed by atoms with E-state index in [9.17, 15) is 8.78 Å². The van der Waals surface area contributed by atoms with Gasteiger partial charge in [-0.1, -0.05) is 0 Å². The lowest BCUT2D eigenvalue weighted by Crippen LogP contribution is -2.49. The van der Waals surface area contributed by atoms with Crippen molar-refractivity contribution in [3.05, 3.63) is 41.7 Å². The highest BCUT2D eigenvalue weighted by Gasteiger charge is 2.38. The van der Waals surface area contributed by atoms with E-state index in [-0.39, 0.29) is 23.0 Å². The van der Waals surface area contributed by atoms with E-state index < -0.39 is 6.43 Å². The van der Waals surface area contributed by atoms with Crippen molar-refractivity contribution in [2.45, 2.75) is 44.0 Å². The average Bonchev–Trinajstić information content (AvgIpc) is 2.91. The van der Waals surface area contributed by atoms with Gasteiger partial charge in [0.15, 0.2) is 0 Å². The fourth-order valence-corrected chi connectivity index (χ4v) is 5.80. The van der Waals surface area contributed by atoms with Crippen LogP contribution in [-0.4, -0.2) is 78.8 Å². The van der Waals surface area contributed by atoms with Crippen molar-refractivity contribution in [3.8, 4) is 11.5 Å². The maximum absolute atomic E-state index is 13.6. The molecular weight excluding hydrogens is 514 g/mol. The van der Waals surface area contributed by atoms with Crippen LogP contribution in [0, 0.1) is 12.8 Å². The van der Waals surface area contributed by atoms with Crippen LogP contribution in [0.15, 0.2) is 41.0 Å². The summed E-state index contributed by atoms with van der Waals surface area (Å²) in [5.74, 6) is 2.77. The number of aromatic nitrogens is 2. The molecule has 1 aromatic carbocycles. The molecule has 0 spiro atoms. The number of ether oxygens (including phenoxy) is 2. The van der Waals surface area contributed by atoms with Gasteiger partial charge < -0.3 is 24.6 Å². The third-order valence-electron chi connectivity index (χ3n) is 7.38. The number of aryl methyl sites for hydroxylation is 1. The molecule has 1 aromatic heterocycles. The van der Waals surface area contributed by atoms with Crippen LogP contribution < -0.4 is 19.7 Å². The summed E-state index contributed by atoms with van der Waals surface area (Å²) < 4.78 is 38.0. The van der Waals surface area contributed by atoms with Crippen molar-refractivity contribution in [1.82, 2.24) is 14.9 Å². The van der Waals surface area contributed by atoms with Crippen molar-refractivity contribution in [2.24, 2.45) is 10.9 Å². The van der Waals surface area contributed by atoms with Gasteiger partial charge in [0.2, 0.25) is 5.95 Å². The number of fused-ring (bicyclic) bond motifs is 1. The number of benzene rings is 1. The third kappa shape index (κ3) is 5.80. The SMILES string of the molecule is COc1cc(Nc2nc(C)cc(N3CCN(C4=CC(C(F)F)=NC5CC(Cl)CCC45)CC3)n2)cc(OC)c1. The van der Waals surface area contributed by atoms with Crippen molar-refractivity contribution in [3.63, 3.8) is 0 Å². The molecule has 204 valence electrons. The number of allylic oxidation sites excluding steroid dienone is 1. The first-order chi connectivity index (χ1) is 18.3. The van der Waals surface area contributed by atoms with Crippen LogP contribution in [-0.2, 0) is 0 Å². The summed E-state index contributed by atoms with van der Waals surface area (Å²) in [5.41, 5.74) is 2.45. The molecule has 0 bridgehead atoms. The summed E-state index contributed by atoms with van der Waals surface area (Å²) in [6.45, 7) is 4.81. The van der Waals surface area contributed by atoms with Crippen molar-refractivity contribution in [1.29, 1.82) is 0 Å². The van der Waals surface area contributed by atoms with E-state index in [1.807, 2.05) is 25.1 Å². The zero-order valence-electron chi connectivity index (χ0n) is 21.8. The fourth-order valence-electron chi connectivity index (χ4n) is 5.49. The van der Waals surface area contributed by atoms with E-state index in [0.29, 0.717) is 23.9 Å². The summed E-state index contributed by atoms with van der Waals surface area (Å²) in [5, 5.41) is 3.26. The van der Waals surface area contributed by atoms with Gasteiger partial charge in [-0.15, -0.1) is 11.6 Å². The summed E-state index contributed by atoms with van der Waals surface area (Å²) in [6.07, 6.45) is 1.45. The second kappa shape index (κ2) is 11.3. The Hall–Kier alpha value is -3.14. The largest absolute Gasteiger partial charge is 0.497 e. The van der Waals surface area contributed by atoms with Crippen LogP contribution in [0.4, 0.5) is 26.2 Å². The van der Waals surface area contributed by atoms with Gasteiger partial charge >= 0.3 is 0 Å². The lowest BCUT2D eigenvalue weighted by atomic mass is 9.79. The topological polar surface area (TPSA) is 75.1 Å². The Kier molecular flexibility index (Phi) is 7.88. The quantitative estimate of drug-likeness (QED) is 0.487. The molecule has 3 heterocycles. The number of nitrogens with one attached hydrogen (secondary N) is 1. The molecule has 38 heavy (non-hydrogen) atoms. The van der Waals surface area contributed by atoms with E-state index >= 15 is 0 Å². The molecule has 8 nitrogen and oxygen atoms in total. The van der Waals surface area contributed by atoms with E-state index in [1.54, 1.807) is 26.4 Å². The first-order valence-electron chi connectivity index (χ1n) is 12.9. The van der Waals surface area contributed by atoms with Gasteiger partial charge in [0.25, 0.3) is 6.43 Å². The number of dihydropyridines is 1. The molecule has 3 aliphatic rings. The minimum Gasteiger partial charge on any atom is -0.497 e. The van der Waals surface area contributed by atoms with Gasteiger partial charge in [-0.05, 0) is 32.3 Å². The Bertz CT molecular complexity index is 1200. The number of anilines is 3. The average molecular weight is 547 g/mol. The van der Waals surface area contributed by atoms with Gasteiger partial charge in [0, 0.05) is 78.8 Å². The highest BCUT2D eigenvalue weighted by atomic mass is 35.5. The van der Waals surface area contributed by atoms with Crippen molar-refractivity contribution in [2.75, 3.05) is 50.6 Å². The number of piperazine rings is 1. The van der Waals surface area contributed by atoms with Crippen LogP contribution in [0.3, 0.4) is 0 Å². The van der Waals surface area contributed by atoms with Crippen LogP contribution in [0.5, 0.6) is 11.5 Å². The Morgan fingerprint density at radius 2 is 1.66 bits per heavy atom. The minimum atomic E-state index is -2.58. The molecule has 1 N–H and O–H groups in total. The number of hydrogen-bond donors (Lipinski definition) is 1. The van der Waals surface area contributed by atoms with Gasteiger partial charge in [-0.25, -0.2) is 13.8 Å². The lowest BCUT2D eigenvalue weighted by molar-refractivity contribution is 0.212. The van der Waals surface area contributed by atoms with Crippen LogP contribution in [0.1, 0.15) is 25.0 Å². The Morgan fingerprint density at radius 1 is 0.974 bits per heavy atom. The van der Waals surface area contributed by atoms with Crippen LogP contribution in [0.25, 0.3) is 0 Å². The highest BCUT2D eigenvalue weighted by molar-refractivity contribution is 6.20. The lowest BCUT2D eigenvalue weighted by Gasteiger charge is -2.44.